The molecule has 3 heterocycles. The van der Waals surface area contributed by atoms with Crippen molar-refractivity contribution in [1.29, 1.82) is 0 Å². The number of hydrogen-bond donors (Lipinski definition) is 0. The minimum atomic E-state index is -0.285. The number of carbonyl (C=O) groups is 2. The van der Waals surface area contributed by atoms with Crippen LogP contribution in [0.15, 0.2) is 24.3 Å². The van der Waals surface area contributed by atoms with Gasteiger partial charge in [-0.3, -0.25) is 14.5 Å². The second-order valence-corrected chi connectivity index (χ2v) is 8.24. The Morgan fingerprint density at radius 2 is 1.75 bits per heavy atom. The molecular weight excluding hydrogens is 354 g/mol. The van der Waals surface area contributed by atoms with Crippen LogP contribution >= 0.6 is 0 Å². The number of ether oxygens (including phenoxy) is 1. The predicted octanol–water partition coefficient (Wildman–Crippen LogP) is 1.81. The lowest BCUT2D eigenvalue weighted by Crippen LogP contribution is -2.54. The van der Waals surface area contributed by atoms with Gasteiger partial charge < -0.3 is 14.5 Å². The lowest BCUT2D eigenvalue weighted by molar-refractivity contribution is -0.148. The molecular formula is C22H31N3O3. The van der Waals surface area contributed by atoms with Crippen LogP contribution < -0.4 is 0 Å². The van der Waals surface area contributed by atoms with E-state index in [0.29, 0.717) is 32.8 Å². The Labute approximate surface area is 167 Å². The van der Waals surface area contributed by atoms with Crippen LogP contribution in [0.3, 0.4) is 0 Å². The Morgan fingerprint density at radius 3 is 2.54 bits per heavy atom. The van der Waals surface area contributed by atoms with Gasteiger partial charge in [-0.1, -0.05) is 29.8 Å². The van der Waals surface area contributed by atoms with Crippen LogP contribution in [-0.2, 0) is 20.9 Å². The number of hydrogen-bond acceptors (Lipinski definition) is 4. The van der Waals surface area contributed by atoms with Crippen molar-refractivity contribution in [3.05, 3.63) is 35.4 Å². The summed E-state index contributed by atoms with van der Waals surface area (Å²) in [5, 5.41) is 0. The highest BCUT2D eigenvalue weighted by Crippen LogP contribution is 2.27. The van der Waals surface area contributed by atoms with Gasteiger partial charge >= 0.3 is 0 Å². The van der Waals surface area contributed by atoms with E-state index in [-0.39, 0.29) is 23.9 Å². The molecule has 28 heavy (non-hydrogen) atoms. The lowest BCUT2D eigenvalue weighted by Gasteiger charge is -2.35. The molecule has 1 aromatic rings. The number of nitrogens with zero attached hydrogens (tertiary/aromatic N) is 3. The summed E-state index contributed by atoms with van der Waals surface area (Å²) in [6, 6.07) is 8.12. The van der Waals surface area contributed by atoms with Crippen LogP contribution in [0.2, 0.25) is 0 Å². The zero-order chi connectivity index (χ0) is 19.5. The Hall–Kier alpha value is -1.92. The maximum Gasteiger partial charge on any atom is 0.245 e. The van der Waals surface area contributed by atoms with Crippen molar-refractivity contribution in [3.63, 3.8) is 0 Å². The summed E-state index contributed by atoms with van der Waals surface area (Å²) in [7, 11) is 0. The fourth-order valence-corrected chi connectivity index (χ4v) is 4.81. The summed E-state index contributed by atoms with van der Waals surface area (Å²) >= 11 is 0. The van der Waals surface area contributed by atoms with Crippen molar-refractivity contribution in [2.24, 2.45) is 0 Å². The monoisotopic (exact) mass is 385 g/mol. The minimum absolute atomic E-state index is 0.0985. The van der Waals surface area contributed by atoms with E-state index < -0.39 is 0 Å². The number of rotatable bonds is 4. The molecule has 6 heteroatoms. The quantitative estimate of drug-likeness (QED) is 0.793. The van der Waals surface area contributed by atoms with Crippen molar-refractivity contribution in [2.45, 2.75) is 51.2 Å². The average Bonchev–Trinajstić information content (AvgIpc) is 3.37. The summed E-state index contributed by atoms with van der Waals surface area (Å²) in [5.41, 5.74) is 2.50. The molecule has 0 aromatic heterocycles. The first-order chi connectivity index (χ1) is 13.6. The molecule has 0 saturated carbocycles. The van der Waals surface area contributed by atoms with Crippen LogP contribution in [0.4, 0.5) is 0 Å². The summed E-state index contributed by atoms with van der Waals surface area (Å²) in [4.78, 5) is 32.4. The zero-order valence-corrected chi connectivity index (χ0v) is 16.8. The summed E-state index contributed by atoms with van der Waals surface area (Å²) in [6.07, 6.45) is 3.63. The third-order valence-corrected chi connectivity index (χ3v) is 6.26. The number of likely N-dealkylation sites (tertiary alicyclic amines) is 2. The first kappa shape index (κ1) is 19.4. The van der Waals surface area contributed by atoms with Gasteiger partial charge in [0.25, 0.3) is 0 Å². The van der Waals surface area contributed by atoms with Crippen molar-refractivity contribution in [1.82, 2.24) is 14.7 Å². The molecule has 3 aliphatic heterocycles. The molecule has 152 valence electrons. The topological polar surface area (TPSA) is 53.1 Å². The van der Waals surface area contributed by atoms with Crippen LogP contribution in [0.25, 0.3) is 0 Å². The fraction of sp³-hybridized carbons (Fsp3) is 0.636. The van der Waals surface area contributed by atoms with E-state index in [9.17, 15) is 9.59 Å². The van der Waals surface area contributed by atoms with E-state index in [1.165, 1.54) is 11.1 Å². The molecule has 6 nitrogen and oxygen atoms in total. The van der Waals surface area contributed by atoms with Gasteiger partial charge in [0.2, 0.25) is 11.8 Å². The molecule has 3 aliphatic rings. The third-order valence-electron chi connectivity index (χ3n) is 6.26. The second kappa shape index (κ2) is 8.62. The lowest BCUT2D eigenvalue weighted by atomic mass is 10.1. The van der Waals surface area contributed by atoms with Crippen LogP contribution in [0, 0.1) is 6.92 Å². The van der Waals surface area contributed by atoms with Crippen molar-refractivity contribution < 1.29 is 14.3 Å². The van der Waals surface area contributed by atoms with E-state index in [1.54, 1.807) is 0 Å². The van der Waals surface area contributed by atoms with E-state index in [4.69, 9.17) is 4.74 Å². The number of carbonyl (C=O) groups excluding carboxylic acids is 2. The second-order valence-electron chi connectivity index (χ2n) is 8.24. The molecule has 2 amide bonds. The first-order valence-corrected chi connectivity index (χ1v) is 10.6. The standard InChI is InChI=1S/C22H31N3O3/c1-17-5-2-6-18(15-17)16-24-9-3-7-19(24)22(27)25-10-4-8-20(25)21(26)23-11-13-28-14-12-23/h2,5-6,15,19-20H,3-4,7-14,16H2,1H3. The van der Waals surface area contributed by atoms with Gasteiger partial charge in [-0.15, -0.1) is 0 Å². The highest BCUT2D eigenvalue weighted by Gasteiger charge is 2.41. The minimum Gasteiger partial charge on any atom is -0.378 e. The van der Waals surface area contributed by atoms with Gasteiger partial charge in [-0.2, -0.15) is 0 Å². The van der Waals surface area contributed by atoms with Gasteiger partial charge in [0.05, 0.1) is 19.3 Å². The molecule has 3 fully saturated rings. The van der Waals surface area contributed by atoms with Crippen LogP contribution in [-0.4, -0.2) is 78.0 Å². The highest BCUT2D eigenvalue weighted by molar-refractivity contribution is 5.90. The van der Waals surface area contributed by atoms with Crippen LogP contribution in [0.1, 0.15) is 36.8 Å². The Bertz CT molecular complexity index is 717. The largest absolute Gasteiger partial charge is 0.378 e. The molecule has 0 bridgehead atoms. The predicted molar refractivity (Wildman–Crippen MR) is 107 cm³/mol. The Balaban J connectivity index is 1.43. The molecule has 0 aliphatic carbocycles. The molecule has 0 spiro atoms. The van der Waals surface area contributed by atoms with Crippen molar-refractivity contribution >= 4 is 11.8 Å². The molecule has 1 aromatic carbocycles. The highest BCUT2D eigenvalue weighted by atomic mass is 16.5. The molecule has 4 rings (SSSR count). The van der Waals surface area contributed by atoms with E-state index in [0.717, 1.165) is 38.8 Å². The molecule has 0 N–H and O–H groups in total. The number of amides is 2. The summed E-state index contributed by atoms with van der Waals surface area (Å²) in [6.45, 7) is 7.02. The summed E-state index contributed by atoms with van der Waals surface area (Å²) in [5.74, 6) is 0.256. The van der Waals surface area contributed by atoms with Gasteiger partial charge in [-0.05, 0) is 44.7 Å². The maximum absolute atomic E-state index is 13.4. The Morgan fingerprint density at radius 1 is 1.00 bits per heavy atom. The van der Waals surface area contributed by atoms with Gasteiger partial charge in [0, 0.05) is 26.2 Å². The number of aryl methyl sites for hydroxylation is 1. The molecule has 2 unspecified atom stereocenters. The van der Waals surface area contributed by atoms with Gasteiger partial charge in [-0.25, -0.2) is 0 Å². The number of morpholine rings is 1. The Kier molecular flexibility index (Phi) is 5.97. The maximum atomic E-state index is 13.4. The first-order valence-electron chi connectivity index (χ1n) is 10.6. The molecule has 2 atom stereocenters. The van der Waals surface area contributed by atoms with Crippen LogP contribution in [0.5, 0.6) is 0 Å². The van der Waals surface area contributed by atoms with E-state index in [1.807, 2.05) is 9.80 Å². The van der Waals surface area contributed by atoms with Crippen molar-refractivity contribution in [2.75, 3.05) is 39.4 Å². The normalized spacial score (nSPS) is 26.0. The third kappa shape index (κ3) is 4.08. The molecule has 3 saturated heterocycles. The zero-order valence-electron chi connectivity index (χ0n) is 16.8. The smallest absolute Gasteiger partial charge is 0.245 e. The van der Waals surface area contributed by atoms with E-state index >= 15 is 0 Å². The average molecular weight is 386 g/mol. The fourth-order valence-electron chi connectivity index (χ4n) is 4.81. The number of benzene rings is 1. The SMILES string of the molecule is Cc1cccc(CN2CCCC2C(=O)N2CCCC2C(=O)N2CCOCC2)c1. The van der Waals surface area contributed by atoms with Gasteiger partial charge in [0.1, 0.15) is 6.04 Å². The van der Waals surface area contributed by atoms with Gasteiger partial charge in [0.15, 0.2) is 0 Å². The van der Waals surface area contributed by atoms with E-state index in [2.05, 4.69) is 36.1 Å². The molecule has 0 radical (unpaired) electrons. The summed E-state index contributed by atoms with van der Waals surface area (Å²) < 4.78 is 5.37. The van der Waals surface area contributed by atoms with Crippen molar-refractivity contribution in [3.8, 4) is 0 Å².